The minimum atomic E-state index is 0.335. The molecule has 0 aliphatic heterocycles. The maximum absolute atomic E-state index is 6.00. The van der Waals surface area contributed by atoms with E-state index in [9.17, 15) is 0 Å². The van der Waals surface area contributed by atoms with Gasteiger partial charge in [-0.25, -0.2) is 0 Å². The molecule has 9 heteroatoms. The Bertz CT molecular complexity index is 1500. The van der Waals surface area contributed by atoms with Gasteiger partial charge in [0, 0.05) is 51.6 Å². The first kappa shape index (κ1) is 50.9. The predicted molar refractivity (Wildman–Crippen MR) is 236 cm³/mol. The number of ether oxygens (including phenoxy) is 9. The van der Waals surface area contributed by atoms with Crippen LogP contribution < -0.4 is 42.6 Å². The van der Waals surface area contributed by atoms with Crippen molar-refractivity contribution in [3.63, 3.8) is 0 Å². The molecule has 0 atom stereocenters. The topological polar surface area (TPSA) is 83.1 Å². The Morgan fingerprint density at radius 1 is 0.333 bits per heavy atom. The van der Waals surface area contributed by atoms with Gasteiger partial charge in [-0.05, 0) is 101 Å². The van der Waals surface area contributed by atoms with Crippen molar-refractivity contribution in [3.05, 3.63) is 51.6 Å². The number of rotatable bonds is 22. The smallest absolute Gasteiger partial charge is 0.133 e. The molecule has 0 bridgehead atoms. The molecule has 57 heavy (non-hydrogen) atoms. The lowest BCUT2D eigenvalue weighted by Gasteiger charge is -2.25. The third-order valence-electron chi connectivity index (χ3n) is 8.90. The highest BCUT2D eigenvalue weighted by Gasteiger charge is 2.25. The fraction of sp³-hybridized carbons (Fsp3) is 0.625. The lowest BCUT2D eigenvalue weighted by atomic mass is 9.92. The summed E-state index contributed by atoms with van der Waals surface area (Å²) >= 11 is 0. The van der Waals surface area contributed by atoms with Gasteiger partial charge in [-0.15, -0.1) is 0 Å². The summed E-state index contributed by atoms with van der Waals surface area (Å²) in [6, 6.07) is 5.98. The maximum Gasteiger partial charge on any atom is 0.133 e. The SMILES string of the molecule is CCOc1cc(OCC)c(C(C)C)c(OCC)c1C(C)C.CCOc1cc(OCC)c(C)c(OCC)c1C.CCOc1cc(OCC)c(CC)c(OCC)c1CC. The number of benzene rings is 3. The van der Waals surface area contributed by atoms with Crippen LogP contribution in [0.4, 0.5) is 0 Å². The molecule has 0 N–H and O–H groups in total. The molecule has 0 saturated carbocycles. The Labute approximate surface area is 347 Å². The lowest BCUT2D eigenvalue weighted by Crippen LogP contribution is -2.09. The Balaban J connectivity index is 0.000000430. The van der Waals surface area contributed by atoms with Crippen molar-refractivity contribution in [2.24, 2.45) is 0 Å². The van der Waals surface area contributed by atoms with E-state index in [1.807, 2.05) is 94.4 Å². The van der Waals surface area contributed by atoms with Crippen molar-refractivity contribution in [2.75, 3.05) is 59.5 Å². The highest BCUT2D eigenvalue weighted by molar-refractivity contribution is 5.60. The van der Waals surface area contributed by atoms with E-state index in [0.717, 1.165) is 98.0 Å². The summed E-state index contributed by atoms with van der Waals surface area (Å²) in [5.41, 5.74) is 6.65. The van der Waals surface area contributed by atoms with Gasteiger partial charge in [-0.1, -0.05) is 41.5 Å². The Hall–Kier alpha value is -4.14. The third kappa shape index (κ3) is 14.3. The average molecular weight is 799 g/mol. The van der Waals surface area contributed by atoms with E-state index in [1.54, 1.807) is 0 Å². The van der Waals surface area contributed by atoms with E-state index in [0.29, 0.717) is 71.3 Å². The first-order chi connectivity index (χ1) is 27.3. The summed E-state index contributed by atoms with van der Waals surface area (Å²) in [4.78, 5) is 0. The summed E-state index contributed by atoms with van der Waals surface area (Å²) < 4.78 is 51.9. The molecule has 0 radical (unpaired) electrons. The summed E-state index contributed by atoms with van der Waals surface area (Å²) in [5.74, 6) is 8.63. The van der Waals surface area contributed by atoms with Crippen molar-refractivity contribution in [1.29, 1.82) is 0 Å². The Morgan fingerprint density at radius 2 is 0.596 bits per heavy atom. The summed E-state index contributed by atoms with van der Waals surface area (Å²) in [6.07, 6.45) is 1.79. The van der Waals surface area contributed by atoms with Gasteiger partial charge in [0.2, 0.25) is 0 Å². The van der Waals surface area contributed by atoms with Crippen LogP contribution in [0.25, 0.3) is 0 Å². The molecular weight excluding hydrogens is 721 g/mol. The summed E-state index contributed by atoms with van der Waals surface area (Å²) in [6.45, 7) is 40.7. The molecule has 0 amide bonds. The fourth-order valence-electron chi connectivity index (χ4n) is 6.65. The number of hydrogen-bond donors (Lipinski definition) is 0. The minimum absolute atomic E-state index is 0.335. The minimum Gasteiger partial charge on any atom is -0.493 e. The van der Waals surface area contributed by atoms with Crippen LogP contribution in [-0.2, 0) is 12.8 Å². The van der Waals surface area contributed by atoms with E-state index < -0.39 is 0 Å². The lowest BCUT2D eigenvalue weighted by molar-refractivity contribution is 0.294. The second-order valence-electron chi connectivity index (χ2n) is 13.6. The second kappa shape index (κ2) is 27.5. The van der Waals surface area contributed by atoms with Crippen molar-refractivity contribution in [2.45, 2.75) is 142 Å². The average Bonchev–Trinajstić information content (AvgIpc) is 3.16. The third-order valence-corrected chi connectivity index (χ3v) is 8.90. The summed E-state index contributed by atoms with van der Waals surface area (Å²) in [7, 11) is 0. The van der Waals surface area contributed by atoms with Crippen LogP contribution in [0.2, 0.25) is 0 Å². The van der Waals surface area contributed by atoms with E-state index in [1.165, 1.54) is 0 Å². The van der Waals surface area contributed by atoms with Crippen molar-refractivity contribution in [1.82, 2.24) is 0 Å². The standard InChI is InChI=1S/C18H30O3.C16H26O3.C14H22O3/c1-8-19-14-11-15(20-9-2)17(13(6)7)18(21-10-3)16(14)12(4)5;1-6-12-14(17-8-3)11-15(18-9-4)13(7-2)16(12)19-10-5;1-6-15-12-9-13(16-7-2)11(5)14(10(12)4)17-8-3/h11-13H,8-10H2,1-7H3;11H,6-10H2,1-5H3;9H,6-8H2,1-5H3. The normalized spacial score (nSPS) is 10.6. The quantitative estimate of drug-likeness (QED) is 0.0986. The molecule has 0 unspecified atom stereocenters. The van der Waals surface area contributed by atoms with Gasteiger partial charge < -0.3 is 42.6 Å². The Morgan fingerprint density at radius 3 is 0.912 bits per heavy atom. The van der Waals surface area contributed by atoms with E-state index >= 15 is 0 Å². The Kier molecular flexibility index (Phi) is 24.5. The van der Waals surface area contributed by atoms with E-state index in [4.69, 9.17) is 42.6 Å². The first-order valence-corrected chi connectivity index (χ1v) is 21.5. The van der Waals surface area contributed by atoms with Gasteiger partial charge in [0.1, 0.15) is 51.7 Å². The largest absolute Gasteiger partial charge is 0.493 e. The molecule has 0 saturated heterocycles. The van der Waals surface area contributed by atoms with Crippen molar-refractivity contribution >= 4 is 0 Å². The van der Waals surface area contributed by atoms with Crippen LogP contribution in [0, 0.1) is 13.8 Å². The van der Waals surface area contributed by atoms with E-state index in [-0.39, 0.29) is 0 Å². The van der Waals surface area contributed by atoms with Gasteiger partial charge in [0.25, 0.3) is 0 Å². The molecule has 0 fully saturated rings. The van der Waals surface area contributed by atoms with Crippen molar-refractivity contribution in [3.8, 4) is 51.7 Å². The predicted octanol–water partition coefficient (Wildman–Crippen LogP) is 12.6. The van der Waals surface area contributed by atoms with Crippen LogP contribution in [0.15, 0.2) is 18.2 Å². The zero-order chi connectivity index (χ0) is 43.1. The molecule has 324 valence electrons. The molecule has 0 heterocycles. The van der Waals surface area contributed by atoms with Gasteiger partial charge >= 0.3 is 0 Å². The molecule has 3 aromatic carbocycles. The summed E-state index contributed by atoms with van der Waals surface area (Å²) in [5, 5.41) is 0. The van der Waals surface area contributed by atoms with Crippen LogP contribution in [0.3, 0.4) is 0 Å². The molecule has 0 aliphatic carbocycles. The van der Waals surface area contributed by atoms with Gasteiger partial charge in [-0.3, -0.25) is 0 Å². The van der Waals surface area contributed by atoms with Gasteiger partial charge in [0.15, 0.2) is 0 Å². The molecule has 0 spiro atoms. The molecular formula is C48H78O9. The molecule has 3 rings (SSSR count). The highest BCUT2D eigenvalue weighted by atomic mass is 16.5. The van der Waals surface area contributed by atoms with Crippen LogP contribution in [-0.4, -0.2) is 59.5 Å². The number of hydrogen-bond acceptors (Lipinski definition) is 9. The van der Waals surface area contributed by atoms with Crippen molar-refractivity contribution < 1.29 is 42.6 Å². The fourth-order valence-corrected chi connectivity index (χ4v) is 6.65. The molecule has 3 aromatic rings. The zero-order valence-electron chi connectivity index (χ0n) is 38.8. The van der Waals surface area contributed by atoms with Gasteiger partial charge in [-0.2, -0.15) is 0 Å². The molecule has 0 aliphatic rings. The van der Waals surface area contributed by atoms with Crippen LogP contribution in [0.5, 0.6) is 51.7 Å². The van der Waals surface area contributed by atoms with Crippen LogP contribution >= 0.6 is 0 Å². The highest BCUT2D eigenvalue weighted by Crippen LogP contribution is 2.46. The van der Waals surface area contributed by atoms with E-state index in [2.05, 4.69) is 41.5 Å². The zero-order valence-corrected chi connectivity index (χ0v) is 38.8. The first-order valence-electron chi connectivity index (χ1n) is 21.5. The monoisotopic (exact) mass is 799 g/mol. The second-order valence-corrected chi connectivity index (χ2v) is 13.6. The molecule has 9 nitrogen and oxygen atoms in total. The maximum atomic E-state index is 6.00. The van der Waals surface area contributed by atoms with Gasteiger partial charge in [0.05, 0.1) is 59.5 Å². The molecule has 0 aromatic heterocycles. The van der Waals surface area contributed by atoms with Crippen LogP contribution in [0.1, 0.15) is 149 Å².